The largest absolute Gasteiger partial charge is 0.368 e. The number of hydrogen-bond donors (Lipinski definition) is 9. The van der Waals surface area contributed by atoms with Crippen LogP contribution >= 0.6 is 0 Å². The number of carbonyl (C=O) groups is 10. The molecule has 6 atom stereocenters. The van der Waals surface area contributed by atoms with Crippen LogP contribution in [0.1, 0.15) is 57.3 Å². The summed E-state index contributed by atoms with van der Waals surface area (Å²) in [6.07, 6.45) is -0.307. The normalized spacial score (nSPS) is 18.8. The summed E-state index contributed by atoms with van der Waals surface area (Å²) in [7, 11) is 0. The van der Waals surface area contributed by atoms with Crippen LogP contribution in [0.25, 0.3) is 87.5 Å². The molecule has 11 aromatic rings. The molecule has 94 heavy (non-hydrogen) atoms. The number of para-hydroxylation sites is 6. The van der Waals surface area contributed by atoms with Crippen LogP contribution in [0.3, 0.4) is 0 Å². The number of aromatic nitrogens is 5. The number of benzene rings is 6. The number of amides is 10. The fraction of sp³-hybridized carbons (Fsp3) is 0.232. The maximum absolute atomic E-state index is 14.8. The molecule has 6 aromatic carbocycles. The van der Waals surface area contributed by atoms with Gasteiger partial charge in [-0.25, -0.2) is 15.0 Å². The maximum atomic E-state index is 14.8. The van der Waals surface area contributed by atoms with Crippen molar-refractivity contribution < 1.29 is 47.9 Å². The number of primary amides is 1. The van der Waals surface area contributed by atoms with Crippen molar-refractivity contribution in [3.63, 3.8) is 0 Å². The third-order valence-corrected chi connectivity index (χ3v) is 18.0. The Morgan fingerprint density at radius 1 is 0.415 bits per heavy atom. The molecule has 8 heterocycles. The second kappa shape index (κ2) is 24.4. The Balaban J connectivity index is 0.692. The number of nitrogens with one attached hydrogen (secondary N) is 8. The van der Waals surface area contributed by atoms with E-state index < -0.39 is 115 Å². The minimum absolute atomic E-state index is 0.0182. The molecule has 3 saturated heterocycles. The molecule has 0 bridgehead atoms. The zero-order chi connectivity index (χ0) is 65.1. The van der Waals surface area contributed by atoms with Crippen LogP contribution < -0.4 is 37.6 Å². The van der Waals surface area contributed by atoms with Gasteiger partial charge in [-0.1, -0.05) is 109 Å². The third-order valence-electron chi connectivity index (χ3n) is 18.0. The minimum Gasteiger partial charge on any atom is -0.368 e. The van der Waals surface area contributed by atoms with Gasteiger partial charge in [-0.3, -0.25) is 47.9 Å². The van der Waals surface area contributed by atoms with Gasteiger partial charge in [0.2, 0.25) is 41.4 Å². The van der Waals surface area contributed by atoms with Crippen LogP contribution in [0, 0.1) is 0 Å². The number of nitrogens with zero attached hydrogens (tertiary/aromatic N) is 6. The highest BCUT2D eigenvalue weighted by molar-refractivity contribution is 6.22. The van der Waals surface area contributed by atoms with Gasteiger partial charge in [-0.15, -0.1) is 0 Å². The van der Waals surface area contributed by atoms with Gasteiger partial charge in [0.05, 0.1) is 80.5 Å². The zero-order valence-electron chi connectivity index (χ0n) is 50.5. The van der Waals surface area contributed by atoms with Crippen LogP contribution in [0.5, 0.6) is 0 Å². The summed E-state index contributed by atoms with van der Waals surface area (Å²) in [5.74, 6) is -6.38. The minimum atomic E-state index is -1.30. The average Bonchev–Trinajstić information content (AvgIpc) is 1.49. The Morgan fingerprint density at radius 3 is 1.13 bits per heavy atom. The first-order chi connectivity index (χ1) is 45.5. The fourth-order valence-corrected chi connectivity index (χ4v) is 13.8. The predicted molar refractivity (Wildman–Crippen MR) is 349 cm³/mol. The number of aromatic amines is 2. The lowest BCUT2D eigenvalue weighted by atomic mass is 10.0. The van der Waals surface area contributed by atoms with Gasteiger partial charge < -0.3 is 62.3 Å². The lowest BCUT2D eigenvalue weighted by Gasteiger charge is -2.26. The Bertz CT molecular complexity index is 4990. The van der Waals surface area contributed by atoms with E-state index in [1.807, 2.05) is 54.6 Å². The van der Waals surface area contributed by atoms with E-state index in [1.165, 1.54) is 21.6 Å². The molecule has 0 aliphatic carbocycles. The maximum Gasteiger partial charge on any atom is 0.254 e. The van der Waals surface area contributed by atoms with Crippen molar-refractivity contribution in [3.8, 4) is 0 Å². The topological polar surface area (TPSA) is 349 Å². The summed E-state index contributed by atoms with van der Waals surface area (Å²) in [5.41, 5.74) is 12.5. The molecule has 10 N–H and O–H groups in total. The molecule has 3 aliphatic heterocycles. The number of rotatable bonds is 15. The molecular weight excluding hydrogens is 1200 g/mol. The predicted octanol–water partition coefficient (Wildman–Crippen LogP) is 4.11. The van der Waals surface area contributed by atoms with Crippen molar-refractivity contribution in [1.29, 1.82) is 0 Å². The Kier molecular flexibility index (Phi) is 15.5. The average molecular weight is 1260 g/mol. The second-order valence-electron chi connectivity index (χ2n) is 24.0. The molecule has 3 fully saturated rings. The van der Waals surface area contributed by atoms with E-state index in [0.717, 1.165) is 21.8 Å². The highest BCUT2D eigenvalue weighted by Gasteiger charge is 2.46. The SMILES string of the molecule is CC(=O)N[C@H]1C[C@@H](C(=O)N[C@H]2C[C@@H](C(=O)N[C@H]3C[C@@H](C(N)=O)N(C(=O)CNC(=O)c4c5ccccc5nc5c4[nH]c4ccccc45)C3)N(C(=O)CNC(=O)c3c4ccccc4nc4ccccc34)C2)N(C(=O)CNC(=O)c2c3ccccc3nc3c2[nH]c2ccccc23)C1. The van der Waals surface area contributed by atoms with E-state index >= 15 is 0 Å². The van der Waals surface area contributed by atoms with Crippen molar-refractivity contribution in [1.82, 2.24) is 71.5 Å². The van der Waals surface area contributed by atoms with Crippen LogP contribution in [0.2, 0.25) is 0 Å². The summed E-state index contributed by atoms with van der Waals surface area (Å²) in [6.45, 7) is -0.910. The van der Waals surface area contributed by atoms with Crippen molar-refractivity contribution in [3.05, 3.63) is 162 Å². The smallest absolute Gasteiger partial charge is 0.254 e. The van der Waals surface area contributed by atoms with Crippen molar-refractivity contribution in [2.24, 2.45) is 5.73 Å². The quantitative estimate of drug-likeness (QED) is 0.0654. The van der Waals surface area contributed by atoms with Crippen LogP contribution in [-0.2, 0) is 33.6 Å². The summed E-state index contributed by atoms with van der Waals surface area (Å²) < 4.78 is 0. The highest BCUT2D eigenvalue weighted by Crippen LogP contribution is 2.34. The molecule has 472 valence electrons. The van der Waals surface area contributed by atoms with Gasteiger partial charge in [0.1, 0.15) is 18.1 Å². The number of hydrogen-bond acceptors (Lipinski definition) is 13. The van der Waals surface area contributed by atoms with Crippen LogP contribution in [0.4, 0.5) is 0 Å². The summed E-state index contributed by atoms with van der Waals surface area (Å²) in [4.78, 5) is 166. The van der Waals surface area contributed by atoms with E-state index in [0.29, 0.717) is 65.7 Å². The van der Waals surface area contributed by atoms with E-state index in [-0.39, 0.29) is 55.6 Å². The van der Waals surface area contributed by atoms with Gasteiger partial charge in [-0.2, -0.15) is 0 Å². The first-order valence-electron chi connectivity index (χ1n) is 30.8. The fourth-order valence-electron chi connectivity index (χ4n) is 13.8. The third kappa shape index (κ3) is 11.0. The van der Waals surface area contributed by atoms with Crippen LogP contribution in [-0.4, -0.2) is 174 Å². The monoisotopic (exact) mass is 1260 g/mol. The molecule has 10 amide bonds. The lowest BCUT2D eigenvalue weighted by molar-refractivity contribution is -0.138. The molecular formula is C69H61N15O10. The Hall–Kier alpha value is -11.9. The zero-order valence-corrected chi connectivity index (χ0v) is 50.5. The molecule has 3 aliphatic rings. The van der Waals surface area contributed by atoms with Crippen molar-refractivity contribution in [2.45, 2.75) is 62.4 Å². The van der Waals surface area contributed by atoms with E-state index in [2.05, 4.69) is 41.9 Å². The molecule has 5 aromatic heterocycles. The van der Waals surface area contributed by atoms with Gasteiger partial charge >= 0.3 is 0 Å². The molecule has 25 heteroatoms. The number of nitrogens with two attached hydrogens (primary N) is 1. The number of carbonyl (C=O) groups excluding carboxylic acids is 10. The van der Waals surface area contributed by atoms with Gasteiger partial charge in [0.15, 0.2) is 0 Å². The number of fused-ring (bicyclic) bond motifs is 10. The Morgan fingerprint density at radius 2 is 0.734 bits per heavy atom. The summed E-state index contributed by atoms with van der Waals surface area (Å²) in [5, 5.41) is 20.7. The highest BCUT2D eigenvalue weighted by atomic mass is 16.2. The van der Waals surface area contributed by atoms with Gasteiger partial charge in [0.25, 0.3) is 17.7 Å². The van der Waals surface area contributed by atoms with Gasteiger partial charge in [-0.05, 0) is 55.7 Å². The van der Waals surface area contributed by atoms with E-state index in [4.69, 9.17) is 20.7 Å². The lowest BCUT2D eigenvalue weighted by Crippen LogP contribution is -2.52. The van der Waals surface area contributed by atoms with Crippen molar-refractivity contribution >= 4 is 147 Å². The summed E-state index contributed by atoms with van der Waals surface area (Å²) in [6, 6.07) is 37.2. The second-order valence-corrected chi connectivity index (χ2v) is 24.0. The molecule has 25 nitrogen and oxygen atoms in total. The number of pyridine rings is 3. The van der Waals surface area contributed by atoms with Crippen molar-refractivity contribution in [2.75, 3.05) is 39.3 Å². The Labute approximate surface area is 533 Å². The first kappa shape index (κ1) is 59.7. The standard InChI is InChI=1S/C69H61N15O10/c1-35(85)74-36-27-52(83(32-36)56(88)31-73-69(94)59-42-17-5-11-23-48(42)79-61-44-19-7-13-25-50(44)81-63(59)61)65(90)76-38-28-53(84(34-38)55(87)30-71-67(92)57-39-14-2-8-20-45(39)77-46-21-9-3-15-40(46)57)66(91)75-37-26-51(64(70)89)82(33-37)54(86)29-72-68(93)58-41-16-4-10-22-47(41)78-60-43-18-6-12-24-49(43)80-62(58)60/h2-25,36-38,51-53,80-81H,26-34H2,1H3,(H2,70,89)(H,71,92)(H,72,93)(H,73,94)(H,74,85)(H,75,91)(H,76,90)/t36-,37-,38-,51-,52-,53-/m0/s1. The summed E-state index contributed by atoms with van der Waals surface area (Å²) >= 11 is 0. The first-order valence-corrected chi connectivity index (χ1v) is 30.8. The molecule has 14 rings (SSSR count). The molecule has 0 saturated carbocycles. The molecule has 0 spiro atoms. The molecule has 0 radical (unpaired) electrons. The number of likely N-dealkylation sites (tertiary alicyclic amines) is 3. The van der Waals surface area contributed by atoms with E-state index in [9.17, 15) is 47.9 Å². The van der Waals surface area contributed by atoms with Gasteiger partial charge in [0, 0.05) is 88.0 Å². The number of H-pyrrole nitrogens is 2. The van der Waals surface area contributed by atoms with E-state index in [1.54, 1.807) is 91.0 Å². The molecule has 0 unspecified atom stereocenters. The van der Waals surface area contributed by atoms with Crippen LogP contribution in [0.15, 0.2) is 146 Å².